The summed E-state index contributed by atoms with van der Waals surface area (Å²) in [6.07, 6.45) is 7.82. The topological polar surface area (TPSA) is 29.5 Å². The molecule has 1 amide bonds. The van der Waals surface area contributed by atoms with Gasteiger partial charge in [0.15, 0.2) is 0 Å². The van der Waals surface area contributed by atoms with Crippen molar-refractivity contribution < 1.29 is 9.53 Å². The van der Waals surface area contributed by atoms with Gasteiger partial charge in [0, 0.05) is 12.6 Å². The van der Waals surface area contributed by atoms with E-state index >= 15 is 0 Å². The number of nitrogens with zero attached hydrogens (tertiary/aromatic N) is 1. The molecule has 3 heteroatoms. The molecule has 0 aromatic heterocycles. The van der Waals surface area contributed by atoms with Gasteiger partial charge in [0.05, 0.1) is 0 Å². The van der Waals surface area contributed by atoms with E-state index in [0.29, 0.717) is 6.04 Å². The Morgan fingerprint density at radius 3 is 2.47 bits per heavy atom. The van der Waals surface area contributed by atoms with Crippen molar-refractivity contribution in [3.63, 3.8) is 0 Å². The lowest BCUT2D eigenvalue weighted by Crippen LogP contribution is -2.39. The van der Waals surface area contributed by atoms with Crippen molar-refractivity contribution in [2.45, 2.75) is 65.5 Å². The molecule has 1 aliphatic heterocycles. The average Bonchev–Trinajstić information content (AvgIpc) is 2.76. The van der Waals surface area contributed by atoms with Crippen LogP contribution >= 0.6 is 0 Å². The molecule has 0 aromatic rings. The van der Waals surface area contributed by atoms with E-state index in [1.807, 2.05) is 25.7 Å². The van der Waals surface area contributed by atoms with E-state index < -0.39 is 0 Å². The van der Waals surface area contributed by atoms with Crippen LogP contribution in [-0.2, 0) is 4.74 Å². The Morgan fingerprint density at radius 1 is 1.47 bits per heavy atom. The van der Waals surface area contributed by atoms with E-state index in [0.717, 1.165) is 25.8 Å². The summed E-state index contributed by atoms with van der Waals surface area (Å²) in [7, 11) is 0. The Bertz CT molecular complexity index is 376. The highest BCUT2D eigenvalue weighted by Gasteiger charge is 2.30. The predicted molar refractivity (Wildman–Crippen MR) is 78.5 cm³/mol. The number of rotatable bonds is 1. The van der Waals surface area contributed by atoms with Gasteiger partial charge in [-0.1, -0.05) is 12.8 Å². The van der Waals surface area contributed by atoms with Gasteiger partial charge in [-0.3, -0.25) is 0 Å². The molecular formula is C16H25NO2. The summed E-state index contributed by atoms with van der Waals surface area (Å²) >= 11 is 0. The molecule has 0 spiro atoms. The van der Waals surface area contributed by atoms with Crippen LogP contribution in [0.4, 0.5) is 4.79 Å². The van der Waals surface area contributed by atoms with Crippen LogP contribution in [0.15, 0.2) is 0 Å². The van der Waals surface area contributed by atoms with Crippen molar-refractivity contribution >= 4 is 6.09 Å². The molecule has 1 unspecified atom stereocenters. The van der Waals surface area contributed by atoms with Crippen LogP contribution < -0.4 is 0 Å². The van der Waals surface area contributed by atoms with Crippen LogP contribution in [0.1, 0.15) is 53.9 Å². The minimum absolute atomic E-state index is 0.151. The molecule has 1 fully saturated rings. The lowest BCUT2D eigenvalue weighted by atomic mass is 10.2. The number of carbonyl (C=O) groups is 1. The summed E-state index contributed by atoms with van der Waals surface area (Å²) in [6, 6.07) is 0.393. The molecular weight excluding hydrogens is 238 g/mol. The fraction of sp³-hybridized carbons (Fsp3) is 0.688. The number of hydrogen-bond acceptors (Lipinski definition) is 2. The molecule has 0 radical (unpaired) electrons. The molecule has 1 heterocycles. The summed E-state index contributed by atoms with van der Waals surface area (Å²) in [5, 5.41) is 0. The lowest BCUT2D eigenvalue weighted by Gasteiger charge is -2.28. The summed E-state index contributed by atoms with van der Waals surface area (Å²) in [5.74, 6) is 7.08. The third kappa shape index (κ3) is 7.42. The van der Waals surface area contributed by atoms with Crippen molar-refractivity contribution in [3.05, 3.63) is 0 Å². The second kappa shape index (κ2) is 8.48. The third-order valence-electron chi connectivity index (χ3n) is 2.67. The molecule has 0 bridgehead atoms. The second-order valence-corrected chi connectivity index (χ2v) is 5.40. The fourth-order valence-electron chi connectivity index (χ4n) is 1.89. The first kappa shape index (κ1) is 17.4. The monoisotopic (exact) mass is 263 g/mol. The maximum Gasteiger partial charge on any atom is 0.410 e. The zero-order chi connectivity index (χ0) is 14.9. The Labute approximate surface area is 117 Å². The number of amides is 1. The first-order valence-electron chi connectivity index (χ1n) is 6.72. The Balaban J connectivity index is 0.000000555. The van der Waals surface area contributed by atoms with Gasteiger partial charge in [-0.15, -0.1) is 6.42 Å². The first-order valence-corrected chi connectivity index (χ1v) is 6.72. The zero-order valence-corrected chi connectivity index (χ0v) is 12.7. The SMILES string of the molecule is C#CC#CC.CCC1CCCN1C(=O)OC(C)(C)C. The lowest BCUT2D eigenvalue weighted by molar-refractivity contribution is 0.0224. The largest absolute Gasteiger partial charge is 0.444 e. The van der Waals surface area contributed by atoms with Crippen LogP contribution in [0.3, 0.4) is 0 Å². The van der Waals surface area contributed by atoms with Crippen LogP contribution in [0, 0.1) is 24.2 Å². The van der Waals surface area contributed by atoms with Crippen LogP contribution in [0.25, 0.3) is 0 Å². The molecule has 3 nitrogen and oxygen atoms in total. The quantitative estimate of drug-likeness (QED) is 0.678. The van der Waals surface area contributed by atoms with Gasteiger partial charge in [0.25, 0.3) is 0 Å². The van der Waals surface area contributed by atoms with Gasteiger partial charge >= 0.3 is 6.09 Å². The summed E-state index contributed by atoms with van der Waals surface area (Å²) in [4.78, 5) is 13.6. The van der Waals surface area contributed by atoms with E-state index in [1.165, 1.54) is 0 Å². The fourth-order valence-corrected chi connectivity index (χ4v) is 1.89. The highest BCUT2D eigenvalue weighted by molar-refractivity contribution is 5.68. The average molecular weight is 263 g/mol. The third-order valence-corrected chi connectivity index (χ3v) is 2.67. The summed E-state index contributed by atoms with van der Waals surface area (Å²) in [5.41, 5.74) is -0.377. The van der Waals surface area contributed by atoms with Crippen molar-refractivity contribution in [2.24, 2.45) is 0 Å². The van der Waals surface area contributed by atoms with E-state index in [1.54, 1.807) is 6.92 Å². The molecule has 19 heavy (non-hydrogen) atoms. The van der Waals surface area contributed by atoms with Crippen molar-refractivity contribution in [2.75, 3.05) is 6.54 Å². The van der Waals surface area contributed by atoms with Gasteiger partial charge in [-0.25, -0.2) is 4.79 Å². The molecule has 0 saturated carbocycles. The standard InChI is InChI=1S/C11H21NO2.C5H4/c1-5-9-7-6-8-12(9)10(13)14-11(2,3)4;1-3-5-4-2/h9H,5-8H2,1-4H3;1H,2H3. The predicted octanol–water partition coefficient (Wildman–Crippen LogP) is 3.44. The summed E-state index contributed by atoms with van der Waals surface area (Å²) in [6.45, 7) is 10.4. The molecule has 1 rings (SSSR count). The Kier molecular flexibility index (Phi) is 7.77. The first-order chi connectivity index (χ1) is 8.85. The minimum atomic E-state index is -0.377. The summed E-state index contributed by atoms with van der Waals surface area (Å²) < 4.78 is 5.34. The van der Waals surface area contributed by atoms with Gasteiger partial charge in [-0.2, -0.15) is 0 Å². The van der Waals surface area contributed by atoms with E-state index in [-0.39, 0.29) is 11.7 Å². The van der Waals surface area contributed by atoms with Crippen molar-refractivity contribution in [3.8, 4) is 24.2 Å². The van der Waals surface area contributed by atoms with Gasteiger partial charge in [0.2, 0.25) is 0 Å². The second-order valence-electron chi connectivity index (χ2n) is 5.40. The highest BCUT2D eigenvalue weighted by atomic mass is 16.6. The molecule has 106 valence electrons. The molecule has 1 saturated heterocycles. The van der Waals surface area contributed by atoms with Crippen LogP contribution in [0.2, 0.25) is 0 Å². The van der Waals surface area contributed by atoms with Crippen LogP contribution in [0.5, 0.6) is 0 Å². The number of ether oxygens (including phenoxy) is 1. The van der Waals surface area contributed by atoms with Gasteiger partial charge in [0.1, 0.15) is 5.60 Å². The number of likely N-dealkylation sites (tertiary alicyclic amines) is 1. The Morgan fingerprint density at radius 2 is 2.11 bits per heavy atom. The van der Waals surface area contributed by atoms with Gasteiger partial charge in [-0.05, 0) is 58.8 Å². The number of carbonyl (C=O) groups excluding carboxylic acids is 1. The Hall–Kier alpha value is -1.61. The smallest absolute Gasteiger partial charge is 0.410 e. The minimum Gasteiger partial charge on any atom is -0.444 e. The number of hydrogen-bond donors (Lipinski definition) is 0. The normalized spacial score (nSPS) is 17.5. The maximum absolute atomic E-state index is 11.7. The van der Waals surface area contributed by atoms with E-state index in [2.05, 4.69) is 24.7 Å². The number of terminal acetylenes is 1. The molecule has 0 N–H and O–H groups in total. The molecule has 1 aliphatic rings. The molecule has 0 aromatic carbocycles. The highest BCUT2D eigenvalue weighted by Crippen LogP contribution is 2.22. The van der Waals surface area contributed by atoms with Crippen molar-refractivity contribution in [1.29, 1.82) is 0 Å². The molecule has 1 atom stereocenters. The van der Waals surface area contributed by atoms with E-state index in [9.17, 15) is 4.79 Å². The van der Waals surface area contributed by atoms with Crippen LogP contribution in [-0.4, -0.2) is 29.2 Å². The van der Waals surface area contributed by atoms with Crippen molar-refractivity contribution in [1.82, 2.24) is 4.90 Å². The molecule has 0 aliphatic carbocycles. The zero-order valence-electron chi connectivity index (χ0n) is 12.7. The maximum atomic E-state index is 11.7. The van der Waals surface area contributed by atoms with E-state index in [4.69, 9.17) is 11.2 Å². The van der Waals surface area contributed by atoms with Gasteiger partial charge < -0.3 is 9.64 Å².